The predicted molar refractivity (Wildman–Crippen MR) is 128 cm³/mol. The quantitative estimate of drug-likeness (QED) is 0.486. The molecule has 2 aliphatic rings. The number of ether oxygens (including phenoxy) is 1. The molecular formula is C27H32N2O5. The lowest BCUT2D eigenvalue weighted by Crippen LogP contribution is -2.53. The number of aliphatic carboxylic acids is 1. The number of carboxylic acids is 1. The van der Waals surface area contributed by atoms with Gasteiger partial charge in [-0.2, -0.15) is 0 Å². The summed E-state index contributed by atoms with van der Waals surface area (Å²) in [6, 6.07) is 15.0. The molecule has 0 radical (unpaired) electrons. The van der Waals surface area contributed by atoms with Crippen LogP contribution in [0.3, 0.4) is 0 Å². The highest BCUT2D eigenvalue weighted by Crippen LogP contribution is 2.44. The van der Waals surface area contributed by atoms with Gasteiger partial charge in [-0.05, 0) is 46.9 Å². The van der Waals surface area contributed by atoms with Crippen molar-refractivity contribution in [1.29, 1.82) is 0 Å². The topological polar surface area (TPSA) is 105 Å². The first-order valence-electron chi connectivity index (χ1n) is 12.0. The van der Waals surface area contributed by atoms with Crippen LogP contribution in [-0.2, 0) is 14.3 Å². The molecule has 3 N–H and O–H groups in total. The number of carbonyl (C=O) groups is 3. The van der Waals surface area contributed by atoms with E-state index >= 15 is 0 Å². The number of carbonyl (C=O) groups excluding carboxylic acids is 2. The van der Waals surface area contributed by atoms with Crippen LogP contribution >= 0.6 is 0 Å². The smallest absolute Gasteiger partial charge is 0.407 e. The van der Waals surface area contributed by atoms with Crippen LogP contribution in [0.25, 0.3) is 11.1 Å². The third-order valence-electron chi connectivity index (χ3n) is 7.03. The number of carboxylic acid groups (broad SMARTS) is 1. The van der Waals surface area contributed by atoms with Gasteiger partial charge in [-0.15, -0.1) is 0 Å². The molecule has 4 rings (SSSR count). The Kier molecular flexibility index (Phi) is 7.20. The summed E-state index contributed by atoms with van der Waals surface area (Å²) in [5, 5.41) is 14.8. The minimum absolute atomic E-state index is 0.0659. The summed E-state index contributed by atoms with van der Waals surface area (Å²) in [5.74, 6) is -1.32. The van der Waals surface area contributed by atoms with E-state index in [1.165, 1.54) is 0 Å². The molecule has 0 heterocycles. The van der Waals surface area contributed by atoms with E-state index in [0.29, 0.717) is 6.42 Å². The molecule has 34 heavy (non-hydrogen) atoms. The molecule has 0 aromatic heterocycles. The van der Waals surface area contributed by atoms with Crippen LogP contribution in [0.5, 0.6) is 0 Å². The van der Waals surface area contributed by atoms with Crippen molar-refractivity contribution < 1.29 is 24.2 Å². The molecule has 7 nitrogen and oxygen atoms in total. The molecule has 1 fully saturated rings. The Bertz CT molecular complexity index is 1020. The predicted octanol–water partition coefficient (Wildman–Crippen LogP) is 4.31. The second-order valence-electron chi connectivity index (χ2n) is 9.38. The second kappa shape index (κ2) is 10.3. The van der Waals surface area contributed by atoms with Crippen LogP contribution in [0.2, 0.25) is 0 Å². The Morgan fingerprint density at radius 1 is 1.00 bits per heavy atom. The Morgan fingerprint density at radius 2 is 1.59 bits per heavy atom. The van der Waals surface area contributed by atoms with Crippen LogP contribution in [0.15, 0.2) is 48.5 Å². The minimum atomic E-state index is -0.943. The number of fused-ring (bicyclic) bond motifs is 3. The van der Waals surface area contributed by atoms with Gasteiger partial charge >= 0.3 is 12.1 Å². The van der Waals surface area contributed by atoms with Gasteiger partial charge in [0.15, 0.2) is 0 Å². The summed E-state index contributed by atoms with van der Waals surface area (Å²) in [5.41, 5.74) is 4.53. The maximum Gasteiger partial charge on any atom is 0.407 e. The first-order valence-corrected chi connectivity index (χ1v) is 12.0. The molecule has 0 bridgehead atoms. The highest BCUT2D eigenvalue weighted by atomic mass is 16.5. The van der Waals surface area contributed by atoms with E-state index in [1.807, 2.05) is 38.1 Å². The van der Waals surface area contributed by atoms with Crippen molar-refractivity contribution in [2.45, 2.75) is 57.5 Å². The zero-order valence-corrected chi connectivity index (χ0v) is 19.6. The van der Waals surface area contributed by atoms with Crippen molar-refractivity contribution in [2.24, 2.45) is 11.8 Å². The van der Waals surface area contributed by atoms with E-state index in [0.717, 1.165) is 35.1 Å². The monoisotopic (exact) mass is 464 g/mol. The number of hydrogen-bond acceptors (Lipinski definition) is 4. The van der Waals surface area contributed by atoms with E-state index in [2.05, 4.69) is 34.9 Å². The number of rotatable bonds is 10. The highest BCUT2D eigenvalue weighted by molar-refractivity contribution is 5.86. The SMILES string of the molecule is CCC(C)C(NC(=O)OCC1c2ccccc2-c2ccccc21)C(=O)NC(CC(=O)O)C1CC1. The Morgan fingerprint density at radius 3 is 2.12 bits per heavy atom. The highest BCUT2D eigenvalue weighted by Gasteiger charge is 2.36. The normalized spacial score (nSPS) is 17.1. The fraction of sp³-hybridized carbons (Fsp3) is 0.444. The average Bonchev–Trinajstić information content (AvgIpc) is 3.63. The van der Waals surface area contributed by atoms with E-state index in [-0.39, 0.29) is 36.7 Å². The van der Waals surface area contributed by atoms with E-state index in [9.17, 15) is 19.5 Å². The summed E-state index contributed by atoms with van der Waals surface area (Å²) in [6.45, 7) is 4.00. The molecule has 3 unspecified atom stereocenters. The van der Waals surface area contributed by atoms with Gasteiger partial charge < -0.3 is 20.5 Å². The van der Waals surface area contributed by atoms with E-state index in [1.54, 1.807) is 0 Å². The van der Waals surface area contributed by atoms with Gasteiger partial charge in [0.1, 0.15) is 12.6 Å². The number of benzene rings is 2. The van der Waals surface area contributed by atoms with Crippen molar-refractivity contribution in [3.8, 4) is 11.1 Å². The third kappa shape index (κ3) is 5.24. The number of nitrogens with one attached hydrogen (secondary N) is 2. The zero-order valence-electron chi connectivity index (χ0n) is 19.6. The van der Waals surface area contributed by atoms with Gasteiger partial charge in [-0.1, -0.05) is 68.8 Å². The van der Waals surface area contributed by atoms with Crippen LogP contribution in [-0.4, -0.2) is 41.8 Å². The van der Waals surface area contributed by atoms with Gasteiger partial charge in [0, 0.05) is 12.0 Å². The fourth-order valence-electron chi connectivity index (χ4n) is 4.76. The molecule has 2 aromatic rings. The summed E-state index contributed by atoms with van der Waals surface area (Å²) >= 11 is 0. The van der Waals surface area contributed by atoms with Crippen molar-refractivity contribution in [3.05, 3.63) is 59.7 Å². The van der Waals surface area contributed by atoms with Crippen molar-refractivity contribution in [3.63, 3.8) is 0 Å². The van der Waals surface area contributed by atoms with E-state index in [4.69, 9.17) is 4.74 Å². The number of amides is 2. The average molecular weight is 465 g/mol. The standard InChI is InChI=1S/C27H32N2O5/c1-3-16(2)25(26(32)28-23(14-24(30)31)17-12-13-17)29-27(33)34-15-22-20-10-6-4-8-18(20)19-9-5-7-11-21(19)22/h4-11,16-17,22-23,25H,3,12-15H2,1-2H3,(H,28,32)(H,29,33)(H,30,31). The summed E-state index contributed by atoms with van der Waals surface area (Å²) in [6.07, 6.45) is 1.73. The Balaban J connectivity index is 1.41. The largest absolute Gasteiger partial charge is 0.481 e. The molecule has 3 atom stereocenters. The van der Waals surface area contributed by atoms with Crippen molar-refractivity contribution in [1.82, 2.24) is 10.6 Å². The third-order valence-corrected chi connectivity index (χ3v) is 7.03. The molecule has 0 spiro atoms. The molecule has 2 aliphatic carbocycles. The van der Waals surface area contributed by atoms with Gasteiger partial charge in [-0.3, -0.25) is 9.59 Å². The molecule has 180 valence electrons. The van der Waals surface area contributed by atoms with E-state index < -0.39 is 24.1 Å². The van der Waals surface area contributed by atoms with Crippen LogP contribution in [0.4, 0.5) is 4.79 Å². The Labute approximate surface area is 199 Å². The lowest BCUT2D eigenvalue weighted by molar-refractivity contribution is -0.138. The second-order valence-corrected chi connectivity index (χ2v) is 9.38. The molecule has 2 aromatic carbocycles. The van der Waals surface area contributed by atoms with Crippen LogP contribution in [0, 0.1) is 11.8 Å². The lowest BCUT2D eigenvalue weighted by atomic mass is 9.97. The van der Waals surface area contributed by atoms with Gasteiger partial charge in [0.25, 0.3) is 0 Å². The summed E-state index contributed by atoms with van der Waals surface area (Å²) in [4.78, 5) is 37.0. The molecule has 0 aliphatic heterocycles. The van der Waals surface area contributed by atoms with Crippen LogP contribution < -0.4 is 10.6 Å². The minimum Gasteiger partial charge on any atom is -0.481 e. The van der Waals surface area contributed by atoms with Gasteiger partial charge in [-0.25, -0.2) is 4.79 Å². The number of alkyl carbamates (subject to hydrolysis) is 1. The summed E-state index contributed by atoms with van der Waals surface area (Å²) in [7, 11) is 0. The molecule has 0 saturated heterocycles. The molecule has 7 heteroatoms. The van der Waals surface area contributed by atoms with Gasteiger partial charge in [0.2, 0.25) is 5.91 Å². The summed E-state index contributed by atoms with van der Waals surface area (Å²) < 4.78 is 5.62. The van der Waals surface area contributed by atoms with Crippen LogP contribution in [0.1, 0.15) is 56.6 Å². The lowest BCUT2D eigenvalue weighted by Gasteiger charge is -2.26. The molecular weight excluding hydrogens is 432 g/mol. The number of hydrogen-bond donors (Lipinski definition) is 3. The van der Waals surface area contributed by atoms with Gasteiger partial charge in [0.05, 0.1) is 6.42 Å². The maximum atomic E-state index is 13.0. The first kappa shape index (κ1) is 23.8. The van der Waals surface area contributed by atoms with Crippen molar-refractivity contribution >= 4 is 18.0 Å². The molecule has 1 saturated carbocycles. The Hall–Kier alpha value is -3.35. The maximum absolute atomic E-state index is 13.0. The zero-order chi connectivity index (χ0) is 24.2. The molecule has 2 amide bonds. The van der Waals surface area contributed by atoms with Crippen molar-refractivity contribution in [2.75, 3.05) is 6.61 Å². The first-order chi connectivity index (χ1) is 16.4. The fourth-order valence-corrected chi connectivity index (χ4v) is 4.76.